The molecule has 0 unspecified atom stereocenters. The third-order valence-electron chi connectivity index (χ3n) is 1.75. The van der Waals surface area contributed by atoms with E-state index in [2.05, 4.69) is 15.9 Å². The van der Waals surface area contributed by atoms with Crippen molar-refractivity contribution in [2.24, 2.45) is 5.73 Å². The molecule has 1 rings (SSSR count). The Kier molecular flexibility index (Phi) is 2.63. The number of benzene rings is 1. The van der Waals surface area contributed by atoms with Crippen molar-refractivity contribution in [2.75, 3.05) is 0 Å². The molecule has 0 saturated carbocycles. The minimum atomic E-state index is -0.654. The molecule has 2 nitrogen and oxygen atoms in total. The van der Waals surface area contributed by atoms with Crippen LogP contribution in [0.1, 0.15) is 19.4 Å². The molecule has 0 amide bonds. The number of nitrogens with two attached hydrogens (primary N) is 1. The fourth-order valence-electron chi connectivity index (χ4n) is 0.947. The van der Waals surface area contributed by atoms with Gasteiger partial charge in [-0.3, -0.25) is 0 Å². The van der Waals surface area contributed by atoms with Gasteiger partial charge in [0.15, 0.2) is 0 Å². The van der Waals surface area contributed by atoms with Gasteiger partial charge in [-0.05, 0) is 47.5 Å². The summed E-state index contributed by atoms with van der Waals surface area (Å²) in [6.45, 7) is 3.49. The Bertz CT molecular complexity index is 310. The van der Waals surface area contributed by atoms with E-state index < -0.39 is 11.4 Å². The zero-order valence-electron chi connectivity index (χ0n) is 7.44. The lowest BCUT2D eigenvalue weighted by molar-refractivity contribution is 0.456. The van der Waals surface area contributed by atoms with Gasteiger partial charge in [0.25, 0.3) is 0 Å². The number of phenols is 1. The lowest BCUT2D eigenvalue weighted by atomic mass is 9.95. The predicted molar refractivity (Wildman–Crippen MR) is 53.0 cm³/mol. The lowest BCUT2D eigenvalue weighted by Crippen LogP contribution is -2.28. The van der Waals surface area contributed by atoms with Crippen molar-refractivity contribution in [1.82, 2.24) is 0 Å². The summed E-state index contributed by atoms with van der Waals surface area (Å²) < 4.78 is 13.2. The van der Waals surface area contributed by atoms with E-state index in [4.69, 9.17) is 5.73 Å². The van der Waals surface area contributed by atoms with Crippen molar-refractivity contribution < 1.29 is 9.50 Å². The van der Waals surface area contributed by atoms with Crippen molar-refractivity contribution in [2.45, 2.75) is 19.4 Å². The zero-order chi connectivity index (χ0) is 10.2. The smallest absolute Gasteiger partial charge is 0.141 e. The third-order valence-corrected chi connectivity index (χ3v) is 2.54. The van der Waals surface area contributed by atoms with Crippen LogP contribution in [0.5, 0.6) is 5.75 Å². The highest BCUT2D eigenvalue weighted by atomic mass is 79.9. The summed E-state index contributed by atoms with van der Waals surface area (Å²) in [6, 6.07) is 2.76. The van der Waals surface area contributed by atoms with Gasteiger partial charge in [-0.25, -0.2) is 4.39 Å². The number of hydrogen-bond donors (Lipinski definition) is 2. The van der Waals surface area contributed by atoms with E-state index in [1.54, 1.807) is 13.8 Å². The molecule has 0 aliphatic carbocycles. The van der Waals surface area contributed by atoms with Gasteiger partial charge in [-0.1, -0.05) is 0 Å². The van der Waals surface area contributed by atoms with E-state index in [9.17, 15) is 9.50 Å². The van der Waals surface area contributed by atoms with Crippen LogP contribution in [0.3, 0.4) is 0 Å². The largest absolute Gasteiger partial charge is 0.507 e. The summed E-state index contributed by atoms with van der Waals surface area (Å²) >= 11 is 2.91. The fraction of sp³-hybridized carbons (Fsp3) is 0.333. The highest BCUT2D eigenvalue weighted by Crippen LogP contribution is 2.31. The fourth-order valence-corrected chi connectivity index (χ4v) is 1.18. The number of halogens is 2. The second-order valence-electron chi connectivity index (χ2n) is 3.51. The summed E-state index contributed by atoms with van der Waals surface area (Å²) in [5.41, 5.74) is 5.66. The van der Waals surface area contributed by atoms with Gasteiger partial charge < -0.3 is 10.8 Å². The molecule has 0 radical (unpaired) electrons. The molecule has 13 heavy (non-hydrogen) atoms. The molecular formula is C9H11BrFNO. The average Bonchev–Trinajstić information content (AvgIpc) is 1.97. The van der Waals surface area contributed by atoms with Crippen LogP contribution in [0.4, 0.5) is 4.39 Å². The summed E-state index contributed by atoms with van der Waals surface area (Å²) in [4.78, 5) is 0. The average molecular weight is 248 g/mol. The first-order chi connectivity index (χ1) is 5.82. The van der Waals surface area contributed by atoms with Crippen LogP contribution < -0.4 is 5.73 Å². The SMILES string of the molecule is CC(C)(N)c1cc(O)c(Br)c(F)c1. The Balaban J connectivity index is 3.29. The first kappa shape index (κ1) is 10.5. The Morgan fingerprint density at radius 2 is 2.00 bits per heavy atom. The van der Waals surface area contributed by atoms with Gasteiger partial charge in [0.2, 0.25) is 0 Å². The normalized spacial score (nSPS) is 11.8. The van der Waals surface area contributed by atoms with Gasteiger partial charge in [0, 0.05) is 5.54 Å². The van der Waals surface area contributed by atoms with Crippen LogP contribution in [0.25, 0.3) is 0 Å². The van der Waals surface area contributed by atoms with E-state index in [-0.39, 0.29) is 10.2 Å². The first-order valence-corrected chi connectivity index (χ1v) is 4.59. The van der Waals surface area contributed by atoms with Crippen LogP contribution in [0.2, 0.25) is 0 Å². The van der Waals surface area contributed by atoms with Crippen molar-refractivity contribution >= 4 is 15.9 Å². The first-order valence-electron chi connectivity index (χ1n) is 3.79. The third kappa shape index (κ3) is 2.19. The number of phenolic OH excluding ortho intramolecular Hbond substituents is 1. The van der Waals surface area contributed by atoms with Crippen molar-refractivity contribution in [3.63, 3.8) is 0 Å². The van der Waals surface area contributed by atoms with E-state index >= 15 is 0 Å². The van der Waals surface area contributed by atoms with Crippen LogP contribution in [0.15, 0.2) is 16.6 Å². The van der Waals surface area contributed by atoms with Gasteiger partial charge in [-0.2, -0.15) is 0 Å². The highest BCUT2D eigenvalue weighted by molar-refractivity contribution is 9.10. The molecule has 0 atom stereocenters. The Hall–Kier alpha value is -0.610. The number of rotatable bonds is 1. The van der Waals surface area contributed by atoms with E-state index in [1.807, 2.05) is 0 Å². The minimum absolute atomic E-state index is 0.0699. The number of hydrogen-bond acceptors (Lipinski definition) is 2. The summed E-state index contributed by atoms with van der Waals surface area (Å²) in [7, 11) is 0. The highest BCUT2D eigenvalue weighted by Gasteiger charge is 2.18. The standard InChI is InChI=1S/C9H11BrFNO/c1-9(2,12)5-3-6(11)8(10)7(13)4-5/h3-4,13H,12H2,1-2H3. The van der Waals surface area contributed by atoms with Gasteiger partial charge in [0.1, 0.15) is 11.6 Å². The summed E-state index contributed by atoms with van der Waals surface area (Å²) in [6.07, 6.45) is 0. The predicted octanol–water partition coefficient (Wildman–Crippen LogP) is 2.49. The molecule has 0 heterocycles. The van der Waals surface area contributed by atoms with Crippen LogP contribution >= 0.6 is 15.9 Å². The lowest BCUT2D eigenvalue weighted by Gasteiger charge is -2.19. The van der Waals surface area contributed by atoms with Crippen LogP contribution in [-0.2, 0) is 5.54 Å². The van der Waals surface area contributed by atoms with Crippen molar-refractivity contribution in [1.29, 1.82) is 0 Å². The summed E-state index contributed by atoms with van der Waals surface area (Å²) in [5, 5.41) is 9.30. The van der Waals surface area contributed by atoms with Crippen LogP contribution in [-0.4, -0.2) is 5.11 Å². The molecular weight excluding hydrogens is 237 g/mol. The molecule has 1 aromatic rings. The second kappa shape index (κ2) is 3.27. The maximum Gasteiger partial charge on any atom is 0.141 e. The monoisotopic (exact) mass is 247 g/mol. The van der Waals surface area contributed by atoms with E-state index in [1.165, 1.54) is 12.1 Å². The molecule has 0 bridgehead atoms. The van der Waals surface area contributed by atoms with Crippen molar-refractivity contribution in [3.05, 3.63) is 28.0 Å². The van der Waals surface area contributed by atoms with Gasteiger partial charge in [-0.15, -0.1) is 0 Å². The molecule has 0 aliphatic heterocycles. The van der Waals surface area contributed by atoms with Crippen LogP contribution in [0, 0.1) is 5.82 Å². The number of aromatic hydroxyl groups is 1. The molecule has 0 fully saturated rings. The molecule has 0 aliphatic rings. The van der Waals surface area contributed by atoms with Gasteiger partial charge >= 0.3 is 0 Å². The Labute approximate surface area is 84.7 Å². The molecule has 72 valence electrons. The van der Waals surface area contributed by atoms with E-state index in [0.29, 0.717) is 5.56 Å². The molecule has 0 saturated heterocycles. The summed E-state index contributed by atoms with van der Waals surface area (Å²) in [5.74, 6) is -0.637. The zero-order valence-corrected chi connectivity index (χ0v) is 9.02. The Morgan fingerprint density at radius 1 is 1.46 bits per heavy atom. The topological polar surface area (TPSA) is 46.2 Å². The maximum absolute atomic E-state index is 13.1. The quantitative estimate of drug-likeness (QED) is 0.801. The van der Waals surface area contributed by atoms with Crippen molar-refractivity contribution in [3.8, 4) is 5.75 Å². The molecule has 4 heteroatoms. The second-order valence-corrected chi connectivity index (χ2v) is 4.31. The Morgan fingerprint density at radius 3 is 2.38 bits per heavy atom. The maximum atomic E-state index is 13.1. The minimum Gasteiger partial charge on any atom is -0.507 e. The molecule has 0 spiro atoms. The van der Waals surface area contributed by atoms with E-state index in [0.717, 1.165) is 0 Å². The molecule has 1 aromatic carbocycles. The van der Waals surface area contributed by atoms with Gasteiger partial charge in [0.05, 0.1) is 4.47 Å². The molecule has 3 N–H and O–H groups in total. The molecule has 0 aromatic heterocycles.